The highest BCUT2D eigenvalue weighted by atomic mass is 79.9. The van der Waals surface area contributed by atoms with Crippen LogP contribution in [0.25, 0.3) is 22.8 Å². The highest BCUT2D eigenvalue weighted by Gasteiger charge is 2.13. The minimum Gasteiger partial charge on any atom is -0.411 e. The van der Waals surface area contributed by atoms with Gasteiger partial charge in [-0.05, 0) is 30.2 Å². The number of hydrogen-bond acceptors (Lipinski definition) is 7. The molecule has 0 aliphatic heterocycles. The first-order valence-corrected chi connectivity index (χ1v) is 10.1. The minimum absolute atomic E-state index is 0.456. The van der Waals surface area contributed by atoms with Crippen molar-refractivity contribution in [3.63, 3.8) is 0 Å². The second kappa shape index (κ2) is 8.06. The van der Waals surface area contributed by atoms with Crippen LogP contribution in [0.2, 0.25) is 0 Å². The second-order valence-corrected chi connectivity index (χ2v) is 7.58. The molecule has 8 heteroatoms. The van der Waals surface area contributed by atoms with Gasteiger partial charge in [0.25, 0.3) is 5.22 Å². The Morgan fingerprint density at radius 2 is 1.89 bits per heavy atom. The van der Waals surface area contributed by atoms with Gasteiger partial charge >= 0.3 is 0 Å². The fourth-order valence-corrected chi connectivity index (χ4v) is 3.45. The molecule has 2 aromatic heterocycles. The van der Waals surface area contributed by atoms with E-state index in [-0.39, 0.29) is 0 Å². The van der Waals surface area contributed by atoms with Gasteiger partial charge in [0.2, 0.25) is 17.6 Å². The average molecular weight is 443 g/mol. The molecule has 0 radical (unpaired) electrons. The Morgan fingerprint density at radius 3 is 2.67 bits per heavy atom. The van der Waals surface area contributed by atoms with Gasteiger partial charge in [-0.3, -0.25) is 0 Å². The minimum atomic E-state index is 0.456. The third-order valence-corrected chi connectivity index (χ3v) is 5.18. The Balaban J connectivity index is 1.41. The smallest absolute Gasteiger partial charge is 0.277 e. The molecule has 0 N–H and O–H groups in total. The van der Waals surface area contributed by atoms with E-state index in [9.17, 15) is 0 Å². The Kier molecular flexibility index (Phi) is 5.35. The lowest BCUT2D eigenvalue weighted by molar-refractivity contribution is 0.391. The number of aryl methyl sites for hydroxylation is 1. The lowest BCUT2D eigenvalue weighted by atomic mass is 10.1. The number of benzene rings is 2. The van der Waals surface area contributed by atoms with E-state index < -0.39 is 0 Å². The summed E-state index contributed by atoms with van der Waals surface area (Å²) in [4.78, 5) is 4.43. The van der Waals surface area contributed by atoms with Crippen LogP contribution < -0.4 is 0 Å². The fraction of sp³-hybridized carbons (Fsp3) is 0.158. The third kappa shape index (κ3) is 4.28. The summed E-state index contributed by atoms with van der Waals surface area (Å²) in [5.74, 6) is 2.02. The summed E-state index contributed by atoms with van der Waals surface area (Å²) >= 11 is 4.79. The van der Waals surface area contributed by atoms with E-state index in [1.165, 1.54) is 17.3 Å². The zero-order valence-electron chi connectivity index (χ0n) is 14.4. The normalized spacial score (nSPS) is 11.0. The van der Waals surface area contributed by atoms with Crippen LogP contribution in [0.1, 0.15) is 18.4 Å². The molecule has 2 heterocycles. The van der Waals surface area contributed by atoms with Crippen molar-refractivity contribution in [3.05, 3.63) is 64.5 Å². The molecule has 2 aromatic carbocycles. The van der Waals surface area contributed by atoms with E-state index >= 15 is 0 Å². The first-order valence-electron chi connectivity index (χ1n) is 8.35. The number of halogens is 1. The summed E-state index contributed by atoms with van der Waals surface area (Å²) in [6.07, 6.45) is 1.00. The van der Waals surface area contributed by atoms with E-state index in [4.69, 9.17) is 8.94 Å². The van der Waals surface area contributed by atoms with E-state index in [1.807, 2.05) is 36.4 Å². The second-order valence-electron chi connectivity index (χ2n) is 5.73. The van der Waals surface area contributed by atoms with Crippen LogP contribution in [0, 0.1) is 0 Å². The lowest BCUT2D eigenvalue weighted by Gasteiger charge is -1.97. The molecule has 6 nitrogen and oxygen atoms in total. The van der Waals surface area contributed by atoms with E-state index in [0.717, 1.165) is 22.0 Å². The van der Waals surface area contributed by atoms with Gasteiger partial charge in [0.1, 0.15) is 0 Å². The van der Waals surface area contributed by atoms with Gasteiger partial charge in [-0.2, -0.15) is 4.98 Å². The summed E-state index contributed by atoms with van der Waals surface area (Å²) in [7, 11) is 0. The first kappa shape index (κ1) is 17.9. The van der Waals surface area contributed by atoms with Gasteiger partial charge in [-0.15, -0.1) is 10.2 Å². The van der Waals surface area contributed by atoms with Crippen molar-refractivity contribution >= 4 is 27.7 Å². The predicted octanol–water partition coefficient (Wildman–Crippen LogP) is 5.40. The largest absolute Gasteiger partial charge is 0.411 e. The number of thioether (sulfide) groups is 1. The van der Waals surface area contributed by atoms with Crippen LogP contribution in [0.15, 0.2) is 67.2 Å². The molecule has 4 rings (SSSR count). The summed E-state index contributed by atoms with van der Waals surface area (Å²) < 4.78 is 12.0. The van der Waals surface area contributed by atoms with Crippen molar-refractivity contribution in [1.29, 1.82) is 0 Å². The maximum atomic E-state index is 5.69. The number of rotatable bonds is 6. The molecule has 4 aromatic rings. The molecular formula is C19H15BrN4O2S. The standard InChI is InChI=1S/C19H15BrN4O2S/c1-2-12-6-8-13(9-7-12)17-21-16(26-24-17)11-27-19-23-22-18(25-19)14-4-3-5-15(20)10-14/h3-10H,2,11H2,1H3. The van der Waals surface area contributed by atoms with Gasteiger partial charge in [-0.25, -0.2) is 0 Å². The molecule has 27 heavy (non-hydrogen) atoms. The van der Waals surface area contributed by atoms with Gasteiger partial charge < -0.3 is 8.94 Å². The van der Waals surface area contributed by atoms with Crippen molar-refractivity contribution in [3.8, 4) is 22.8 Å². The van der Waals surface area contributed by atoms with Crippen molar-refractivity contribution in [1.82, 2.24) is 20.3 Å². The summed E-state index contributed by atoms with van der Waals surface area (Å²) in [6, 6.07) is 15.9. The first-order chi connectivity index (χ1) is 13.2. The van der Waals surface area contributed by atoms with Crippen molar-refractivity contribution in [2.75, 3.05) is 0 Å². The number of aromatic nitrogens is 4. The van der Waals surface area contributed by atoms with Crippen LogP contribution in [-0.4, -0.2) is 20.3 Å². The maximum absolute atomic E-state index is 5.69. The molecule has 0 atom stereocenters. The van der Waals surface area contributed by atoms with Crippen molar-refractivity contribution in [2.45, 2.75) is 24.3 Å². The zero-order valence-corrected chi connectivity index (χ0v) is 16.8. The molecule has 0 spiro atoms. The zero-order chi connectivity index (χ0) is 18.6. The van der Waals surface area contributed by atoms with E-state index in [0.29, 0.717) is 28.6 Å². The fourth-order valence-electron chi connectivity index (χ4n) is 2.45. The summed E-state index contributed by atoms with van der Waals surface area (Å²) in [6.45, 7) is 2.12. The predicted molar refractivity (Wildman–Crippen MR) is 106 cm³/mol. The average Bonchev–Trinajstić information content (AvgIpc) is 3.36. The Morgan fingerprint density at radius 1 is 1.04 bits per heavy atom. The molecule has 0 saturated carbocycles. The van der Waals surface area contributed by atoms with Crippen LogP contribution in [-0.2, 0) is 12.2 Å². The topological polar surface area (TPSA) is 77.8 Å². The molecule has 0 bridgehead atoms. The lowest BCUT2D eigenvalue weighted by Crippen LogP contribution is -1.84. The number of hydrogen-bond donors (Lipinski definition) is 0. The van der Waals surface area contributed by atoms with E-state index in [1.54, 1.807) is 0 Å². The van der Waals surface area contributed by atoms with Crippen LogP contribution in [0.5, 0.6) is 0 Å². The summed E-state index contributed by atoms with van der Waals surface area (Å²) in [5, 5.41) is 12.6. The molecule has 0 saturated heterocycles. The quantitative estimate of drug-likeness (QED) is 0.369. The third-order valence-electron chi connectivity index (χ3n) is 3.89. The molecule has 0 unspecified atom stereocenters. The Hall–Kier alpha value is -2.45. The molecule has 0 aliphatic carbocycles. The van der Waals surface area contributed by atoms with Gasteiger partial charge in [0, 0.05) is 15.6 Å². The van der Waals surface area contributed by atoms with Gasteiger partial charge in [0.15, 0.2) is 0 Å². The molecular weight excluding hydrogens is 428 g/mol. The van der Waals surface area contributed by atoms with Crippen LogP contribution >= 0.6 is 27.7 Å². The summed E-state index contributed by atoms with van der Waals surface area (Å²) in [5.41, 5.74) is 3.07. The highest BCUT2D eigenvalue weighted by molar-refractivity contribution is 9.10. The molecule has 0 amide bonds. The van der Waals surface area contributed by atoms with Crippen LogP contribution in [0.4, 0.5) is 0 Å². The van der Waals surface area contributed by atoms with Crippen LogP contribution in [0.3, 0.4) is 0 Å². The van der Waals surface area contributed by atoms with E-state index in [2.05, 4.69) is 55.3 Å². The molecule has 136 valence electrons. The van der Waals surface area contributed by atoms with Crippen molar-refractivity contribution in [2.24, 2.45) is 0 Å². The maximum Gasteiger partial charge on any atom is 0.277 e. The molecule has 0 fully saturated rings. The van der Waals surface area contributed by atoms with Gasteiger partial charge in [-0.1, -0.05) is 70.1 Å². The Labute approximate surface area is 168 Å². The van der Waals surface area contributed by atoms with Gasteiger partial charge in [0.05, 0.1) is 5.75 Å². The monoisotopic (exact) mass is 442 g/mol. The highest BCUT2D eigenvalue weighted by Crippen LogP contribution is 2.27. The molecule has 0 aliphatic rings. The van der Waals surface area contributed by atoms with Crippen molar-refractivity contribution < 1.29 is 8.94 Å². The SMILES string of the molecule is CCc1ccc(-c2noc(CSc3nnc(-c4cccc(Br)c4)o3)n2)cc1. The Bertz CT molecular complexity index is 1050. The number of nitrogens with zero attached hydrogens (tertiary/aromatic N) is 4.